The molecule has 0 heterocycles. The second kappa shape index (κ2) is 4.99. The van der Waals surface area contributed by atoms with E-state index in [4.69, 9.17) is 22.4 Å². The van der Waals surface area contributed by atoms with Crippen LogP contribution in [0.5, 0.6) is 0 Å². The third-order valence-corrected chi connectivity index (χ3v) is 1.90. The van der Waals surface area contributed by atoms with E-state index >= 15 is 0 Å². The van der Waals surface area contributed by atoms with E-state index in [1.165, 1.54) is 13.8 Å². The van der Waals surface area contributed by atoms with Crippen LogP contribution in [-0.2, 0) is 4.79 Å². The number of amides is 1. The van der Waals surface area contributed by atoms with Gasteiger partial charge in [-0.2, -0.15) is 4.99 Å². The standard InChI is InChI=1S/C8H13ClN2O2/c1-4(5(2)12)7(9)8(13)11-6(3)10/h5,12H,1-3H3,(H2,10,11,13). The van der Waals surface area contributed by atoms with E-state index in [1.54, 1.807) is 6.92 Å². The van der Waals surface area contributed by atoms with Crippen LogP contribution in [0, 0.1) is 0 Å². The summed E-state index contributed by atoms with van der Waals surface area (Å²) in [6.07, 6.45) is -0.760. The fourth-order valence-corrected chi connectivity index (χ4v) is 0.761. The number of nitrogens with two attached hydrogens (primary N) is 1. The first-order valence-electron chi connectivity index (χ1n) is 3.75. The molecule has 0 aliphatic heterocycles. The number of aliphatic imine (C=N–C) groups is 1. The smallest absolute Gasteiger partial charge is 0.290 e. The molecule has 0 rings (SSSR count). The number of rotatable bonds is 2. The summed E-state index contributed by atoms with van der Waals surface area (Å²) in [5.41, 5.74) is 5.58. The van der Waals surface area contributed by atoms with E-state index in [0.29, 0.717) is 5.57 Å². The lowest BCUT2D eigenvalue weighted by Crippen LogP contribution is -2.12. The summed E-state index contributed by atoms with van der Waals surface area (Å²) in [5.74, 6) is -0.485. The van der Waals surface area contributed by atoms with Crippen LogP contribution in [0.2, 0.25) is 0 Å². The SMILES string of the molecule is CC(N)=NC(=O)C(Cl)=C(C)C(C)O. The van der Waals surface area contributed by atoms with E-state index in [0.717, 1.165) is 0 Å². The van der Waals surface area contributed by atoms with E-state index in [2.05, 4.69) is 4.99 Å². The van der Waals surface area contributed by atoms with Crippen molar-refractivity contribution in [2.45, 2.75) is 26.9 Å². The third-order valence-electron chi connectivity index (χ3n) is 1.44. The number of carbonyl (C=O) groups excluding carboxylic acids is 1. The van der Waals surface area contributed by atoms with Crippen molar-refractivity contribution in [2.75, 3.05) is 0 Å². The van der Waals surface area contributed by atoms with Crippen molar-refractivity contribution in [1.29, 1.82) is 0 Å². The number of hydrogen-bond acceptors (Lipinski definition) is 2. The first-order chi connectivity index (χ1) is 5.86. The Bertz CT molecular complexity index is 265. The number of nitrogens with zero attached hydrogens (tertiary/aromatic N) is 1. The Morgan fingerprint density at radius 2 is 2.00 bits per heavy atom. The molecular formula is C8H13ClN2O2. The highest BCUT2D eigenvalue weighted by atomic mass is 35.5. The number of hydrogen-bond donors (Lipinski definition) is 2. The molecule has 1 amide bonds. The summed E-state index contributed by atoms with van der Waals surface area (Å²) in [7, 11) is 0. The quantitative estimate of drug-likeness (QED) is 0.397. The molecule has 0 radical (unpaired) electrons. The van der Waals surface area contributed by atoms with Crippen molar-refractivity contribution in [1.82, 2.24) is 0 Å². The normalized spacial score (nSPS) is 16.5. The van der Waals surface area contributed by atoms with Crippen LogP contribution in [0.25, 0.3) is 0 Å². The topological polar surface area (TPSA) is 75.7 Å². The molecule has 0 bridgehead atoms. The molecule has 0 saturated carbocycles. The van der Waals surface area contributed by atoms with Gasteiger partial charge in [0.25, 0.3) is 5.91 Å². The molecule has 1 atom stereocenters. The molecule has 0 aromatic rings. The lowest BCUT2D eigenvalue weighted by Gasteiger charge is -2.05. The van der Waals surface area contributed by atoms with Gasteiger partial charge >= 0.3 is 0 Å². The highest BCUT2D eigenvalue weighted by Crippen LogP contribution is 2.14. The Morgan fingerprint density at radius 3 is 2.31 bits per heavy atom. The van der Waals surface area contributed by atoms with Crippen LogP contribution >= 0.6 is 11.6 Å². The van der Waals surface area contributed by atoms with Crippen molar-refractivity contribution < 1.29 is 9.90 Å². The lowest BCUT2D eigenvalue weighted by atomic mass is 10.2. The van der Waals surface area contributed by atoms with Crippen LogP contribution in [0.3, 0.4) is 0 Å². The van der Waals surface area contributed by atoms with Crippen LogP contribution < -0.4 is 5.73 Å². The molecule has 74 valence electrons. The number of halogens is 1. The van der Waals surface area contributed by atoms with Gasteiger partial charge in [0, 0.05) is 0 Å². The molecule has 1 unspecified atom stereocenters. The minimum atomic E-state index is -0.760. The molecule has 3 N–H and O–H groups in total. The van der Waals surface area contributed by atoms with Crippen molar-refractivity contribution in [3.63, 3.8) is 0 Å². The molecular weight excluding hydrogens is 192 g/mol. The predicted octanol–water partition coefficient (Wildman–Crippen LogP) is 0.784. The summed E-state index contributed by atoms with van der Waals surface area (Å²) in [4.78, 5) is 14.6. The monoisotopic (exact) mass is 204 g/mol. The molecule has 0 aliphatic carbocycles. The molecule has 0 aliphatic rings. The average Bonchev–Trinajstić information content (AvgIpc) is 2.00. The van der Waals surface area contributed by atoms with Gasteiger partial charge in [0.15, 0.2) is 0 Å². The zero-order chi connectivity index (χ0) is 10.6. The Labute approximate surface area is 82.1 Å². The maximum absolute atomic E-state index is 11.1. The van der Waals surface area contributed by atoms with Gasteiger partial charge in [-0.3, -0.25) is 4.79 Å². The fourth-order valence-electron chi connectivity index (χ4n) is 0.561. The minimum Gasteiger partial charge on any atom is -0.389 e. The average molecular weight is 205 g/mol. The minimum absolute atomic E-state index is 0.0835. The van der Waals surface area contributed by atoms with Gasteiger partial charge < -0.3 is 10.8 Å². The fraction of sp³-hybridized carbons (Fsp3) is 0.500. The Hall–Kier alpha value is -0.870. The largest absolute Gasteiger partial charge is 0.389 e. The van der Waals surface area contributed by atoms with Crippen molar-refractivity contribution in [2.24, 2.45) is 10.7 Å². The van der Waals surface area contributed by atoms with Gasteiger partial charge in [0.05, 0.1) is 6.10 Å². The number of carbonyl (C=O) groups is 1. The van der Waals surface area contributed by atoms with Gasteiger partial charge in [-0.25, -0.2) is 0 Å². The van der Waals surface area contributed by atoms with E-state index in [-0.39, 0.29) is 10.9 Å². The zero-order valence-corrected chi connectivity index (χ0v) is 8.59. The number of amidine groups is 1. The molecule has 5 heteroatoms. The zero-order valence-electron chi connectivity index (χ0n) is 7.84. The Kier molecular flexibility index (Phi) is 4.66. The number of aliphatic hydroxyl groups is 1. The second-order valence-corrected chi connectivity index (χ2v) is 3.11. The first kappa shape index (κ1) is 12.1. The second-order valence-electron chi connectivity index (χ2n) is 2.73. The lowest BCUT2D eigenvalue weighted by molar-refractivity contribution is -0.113. The van der Waals surface area contributed by atoms with Crippen molar-refractivity contribution in [3.05, 3.63) is 10.6 Å². The summed E-state index contributed by atoms with van der Waals surface area (Å²) in [6.45, 7) is 4.57. The molecule has 0 fully saturated rings. The summed E-state index contributed by atoms with van der Waals surface area (Å²) >= 11 is 5.63. The first-order valence-corrected chi connectivity index (χ1v) is 4.13. The highest BCUT2D eigenvalue weighted by Gasteiger charge is 2.12. The van der Waals surface area contributed by atoms with Crippen LogP contribution in [0.1, 0.15) is 20.8 Å². The Balaban J connectivity index is 4.79. The summed E-state index contributed by atoms with van der Waals surface area (Å²) < 4.78 is 0. The van der Waals surface area contributed by atoms with Crippen LogP contribution in [-0.4, -0.2) is 23.0 Å². The van der Waals surface area contributed by atoms with Crippen LogP contribution in [0.4, 0.5) is 0 Å². The Morgan fingerprint density at radius 1 is 1.54 bits per heavy atom. The van der Waals surface area contributed by atoms with Gasteiger partial charge in [-0.1, -0.05) is 11.6 Å². The summed E-state index contributed by atoms with van der Waals surface area (Å²) in [6, 6.07) is 0. The van der Waals surface area contributed by atoms with Gasteiger partial charge in [-0.15, -0.1) is 0 Å². The van der Waals surface area contributed by atoms with E-state index in [1.807, 2.05) is 0 Å². The van der Waals surface area contributed by atoms with Gasteiger partial charge in [-0.05, 0) is 26.3 Å². The van der Waals surface area contributed by atoms with Crippen LogP contribution in [0.15, 0.2) is 15.6 Å². The molecule has 0 spiro atoms. The predicted molar refractivity (Wildman–Crippen MR) is 52.5 cm³/mol. The summed E-state index contributed by atoms with van der Waals surface area (Å²) in [5, 5.41) is 9.02. The van der Waals surface area contributed by atoms with Crippen molar-refractivity contribution >= 4 is 23.3 Å². The van der Waals surface area contributed by atoms with E-state index < -0.39 is 12.0 Å². The van der Waals surface area contributed by atoms with E-state index in [9.17, 15) is 4.79 Å². The maximum atomic E-state index is 11.1. The maximum Gasteiger partial charge on any atom is 0.290 e. The van der Waals surface area contributed by atoms with Crippen molar-refractivity contribution in [3.8, 4) is 0 Å². The molecule has 0 aromatic heterocycles. The molecule has 4 nitrogen and oxygen atoms in total. The number of aliphatic hydroxyl groups excluding tert-OH is 1. The third kappa shape index (κ3) is 4.05. The molecule has 0 saturated heterocycles. The van der Waals surface area contributed by atoms with Gasteiger partial charge in [0.1, 0.15) is 10.9 Å². The molecule has 0 aromatic carbocycles. The molecule has 13 heavy (non-hydrogen) atoms. The van der Waals surface area contributed by atoms with Gasteiger partial charge in [0.2, 0.25) is 0 Å². The highest BCUT2D eigenvalue weighted by molar-refractivity contribution is 6.43.